The maximum Gasteiger partial charge on any atom is 0.338 e. The van der Waals surface area contributed by atoms with Gasteiger partial charge in [-0.1, -0.05) is 0 Å². The van der Waals surface area contributed by atoms with Gasteiger partial charge in [0.25, 0.3) is 0 Å². The zero-order valence-corrected chi connectivity index (χ0v) is 15.3. The number of hydrogen-bond acceptors (Lipinski definition) is 4. The molecule has 1 aliphatic carbocycles. The van der Waals surface area contributed by atoms with Crippen LogP contribution in [0.4, 0.5) is 4.79 Å². The van der Waals surface area contributed by atoms with E-state index < -0.39 is 0 Å². The zero-order valence-electron chi connectivity index (χ0n) is 15.3. The first kappa shape index (κ1) is 19.1. The molecular weight excluding hydrogens is 320 g/mol. The first-order valence-corrected chi connectivity index (χ1v) is 9.02. The summed E-state index contributed by atoms with van der Waals surface area (Å²) in [4.78, 5) is 23.9. The lowest BCUT2D eigenvalue weighted by Crippen LogP contribution is -2.44. The molecule has 0 aromatic heterocycles. The number of hydrogen-bond donors (Lipinski definition) is 2. The third kappa shape index (κ3) is 5.66. The van der Waals surface area contributed by atoms with Crippen molar-refractivity contribution in [2.45, 2.75) is 58.6 Å². The molecule has 1 fully saturated rings. The van der Waals surface area contributed by atoms with Crippen LogP contribution in [-0.2, 0) is 4.74 Å². The van der Waals surface area contributed by atoms with Crippen molar-refractivity contribution in [2.75, 3.05) is 13.2 Å². The molecule has 2 rings (SSSR count). The number of benzene rings is 1. The van der Waals surface area contributed by atoms with E-state index in [1.54, 1.807) is 12.1 Å². The van der Waals surface area contributed by atoms with Gasteiger partial charge in [0, 0.05) is 12.6 Å². The Morgan fingerprint density at radius 1 is 1.16 bits per heavy atom. The minimum Gasteiger partial charge on any atom is -0.494 e. The highest BCUT2D eigenvalue weighted by Crippen LogP contribution is 2.24. The van der Waals surface area contributed by atoms with Crippen molar-refractivity contribution >= 4 is 12.0 Å². The van der Waals surface area contributed by atoms with Gasteiger partial charge in [-0.05, 0) is 70.2 Å². The summed E-state index contributed by atoms with van der Waals surface area (Å²) in [5, 5.41) is 5.68. The Kier molecular flexibility index (Phi) is 7.10. The average Bonchev–Trinajstić information content (AvgIpc) is 2.58. The van der Waals surface area contributed by atoms with Gasteiger partial charge in [0.1, 0.15) is 11.9 Å². The van der Waals surface area contributed by atoms with E-state index in [2.05, 4.69) is 10.6 Å². The monoisotopic (exact) mass is 348 g/mol. The maximum absolute atomic E-state index is 12.3. The molecule has 6 heteroatoms. The summed E-state index contributed by atoms with van der Waals surface area (Å²) in [7, 11) is 0. The molecule has 0 saturated heterocycles. The molecule has 0 unspecified atom stereocenters. The summed E-state index contributed by atoms with van der Waals surface area (Å²) in [6.45, 7) is 6.94. The van der Waals surface area contributed by atoms with Crippen molar-refractivity contribution in [3.8, 4) is 5.75 Å². The Labute approximate surface area is 149 Å². The van der Waals surface area contributed by atoms with Crippen molar-refractivity contribution in [1.82, 2.24) is 10.6 Å². The number of urea groups is 1. The van der Waals surface area contributed by atoms with Gasteiger partial charge in [0.2, 0.25) is 0 Å². The van der Waals surface area contributed by atoms with E-state index in [1.165, 1.54) is 0 Å². The van der Waals surface area contributed by atoms with Crippen LogP contribution in [0.25, 0.3) is 0 Å². The van der Waals surface area contributed by atoms with E-state index in [1.807, 2.05) is 26.8 Å². The second-order valence-corrected chi connectivity index (χ2v) is 6.30. The summed E-state index contributed by atoms with van der Waals surface area (Å²) in [6, 6.07) is 5.36. The molecule has 0 heterocycles. The van der Waals surface area contributed by atoms with Crippen molar-refractivity contribution in [1.29, 1.82) is 0 Å². The fourth-order valence-electron chi connectivity index (χ4n) is 3.04. The lowest BCUT2D eigenvalue weighted by molar-refractivity contribution is 0.0188. The summed E-state index contributed by atoms with van der Waals surface area (Å²) in [5.41, 5.74) is 1.47. The number of carbonyl (C=O) groups is 2. The Morgan fingerprint density at radius 3 is 2.48 bits per heavy atom. The molecule has 0 radical (unpaired) electrons. The van der Waals surface area contributed by atoms with E-state index in [-0.39, 0.29) is 24.1 Å². The molecule has 6 nitrogen and oxygen atoms in total. The second-order valence-electron chi connectivity index (χ2n) is 6.30. The zero-order chi connectivity index (χ0) is 18.2. The van der Waals surface area contributed by atoms with Gasteiger partial charge in [0.05, 0.1) is 12.2 Å². The number of amides is 2. The number of ether oxygens (including phenoxy) is 2. The smallest absolute Gasteiger partial charge is 0.338 e. The van der Waals surface area contributed by atoms with E-state index in [9.17, 15) is 9.59 Å². The Morgan fingerprint density at radius 2 is 1.88 bits per heavy atom. The van der Waals surface area contributed by atoms with Gasteiger partial charge in [-0.2, -0.15) is 0 Å². The van der Waals surface area contributed by atoms with Gasteiger partial charge in [-0.15, -0.1) is 0 Å². The van der Waals surface area contributed by atoms with Crippen LogP contribution in [0.1, 0.15) is 55.5 Å². The number of esters is 1. The molecule has 0 atom stereocenters. The quantitative estimate of drug-likeness (QED) is 0.774. The molecule has 1 aromatic rings. The summed E-state index contributed by atoms with van der Waals surface area (Å²) in [5.74, 6) is 0.488. The van der Waals surface area contributed by atoms with E-state index in [0.717, 1.165) is 37.0 Å². The highest BCUT2D eigenvalue weighted by atomic mass is 16.5. The minimum atomic E-state index is -0.300. The van der Waals surface area contributed by atoms with Gasteiger partial charge < -0.3 is 20.1 Å². The van der Waals surface area contributed by atoms with Crippen LogP contribution >= 0.6 is 0 Å². The van der Waals surface area contributed by atoms with Crippen molar-refractivity contribution in [3.05, 3.63) is 29.3 Å². The highest BCUT2D eigenvalue weighted by molar-refractivity contribution is 5.90. The fraction of sp³-hybridized carbons (Fsp3) is 0.579. The summed E-state index contributed by atoms with van der Waals surface area (Å²) < 4.78 is 11.1. The van der Waals surface area contributed by atoms with Gasteiger partial charge in [0.15, 0.2) is 0 Å². The summed E-state index contributed by atoms with van der Waals surface area (Å²) in [6.07, 6.45) is 3.07. The molecule has 0 spiro atoms. The van der Waals surface area contributed by atoms with E-state index in [4.69, 9.17) is 9.47 Å². The van der Waals surface area contributed by atoms with Crippen LogP contribution in [-0.4, -0.2) is 37.3 Å². The molecular formula is C19H28N2O4. The first-order valence-electron chi connectivity index (χ1n) is 9.02. The van der Waals surface area contributed by atoms with Crippen LogP contribution in [0.2, 0.25) is 0 Å². The normalized spacial score (nSPS) is 19.8. The molecule has 1 aliphatic rings. The van der Waals surface area contributed by atoms with Crippen LogP contribution in [0.5, 0.6) is 5.75 Å². The van der Waals surface area contributed by atoms with Crippen LogP contribution in [0.15, 0.2) is 18.2 Å². The first-order chi connectivity index (χ1) is 12.0. The third-order valence-corrected chi connectivity index (χ3v) is 4.33. The fourth-order valence-corrected chi connectivity index (χ4v) is 3.04. The van der Waals surface area contributed by atoms with Crippen LogP contribution in [0.3, 0.4) is 0 Å². The van der Waals surface area contributed by atoms with E-state index >= 15 is 0 Å². The molecule has 0 bridgehead atoms. The predicted molar refractivity (Wildman–Crippen MR) is 96.0 cm³/mol. The number of rotatable bonds is 6. The Bertz CT molecular complexity index is 595. The Hall–Kier alpha value is -2.24. The lowest BCUT2D eigenvalue weighted by atomic mass is 9.93. The molecule has 2 N–H and O–H groups in total. The highest BCUT2D eigenvalue weighted by Gasteiger charge is 2.25. The van der Waals surface area contributed by atoms with Gasteiger partial charge in [-0.3, -0.25) is 0 Å². The van der Waals surface area contributed by atoms with Gasteiger partial charge >= 0.3 is 12.0 Å². The number of carbonyl (C=O) groups excluding carboxylic acids is 2. The largest absolute Gasteiger partial charge is 0.494 e. The minimum absolute atomic E-state index is 0.0911. The average molecular weight is 348 g/mol. The Balaban J connectivity index is 1.82. The SMILES string of the molecule is CCNC(=O)NC1CCC(OC(=O)c2ccc(OCC)c(C)c2)CC1. The molecule has 1 saturated carbocycles. The van der Waals surface area contributed by atoms with E-state index in [0.29, 0.717) is 18.7 Å². The standard InChI is InChI=1S/C19H28N2O4/c1-4-20-19(23)21-15-7-9-16(10-8-15)25-18(22)14-6-11-17(24-5-2)13(3)12-14/h6,11-12,15-16H,4-5,7-10H2,1-3H3,(H2,20,21,23). The maximum atomic E-state index is 12.3. The van der Waals surface area contributed by atoms with Crippen LogP contribution in [0, 0.1) is 6.92 Å². The summed E-state index contributed by atoms with van der Waals surface area (Å²) >= 11 is 0. The van der Waals surface area contributed by atoms with Crippen molar-refractivity contribution < 1.29 is 19.1 Å². The molecule has 1 aromatic carbocycles. The van der Waals surface area contributed by atoms with Crippen LogP contribution < -0.4 is 15.4 Å². The molecule has 25 heavy (non-hydrogen) atoms. The van der Waals surface area contributed by atoms with Crippen molar-refractivity contribution in [2.24, 2.45) is 0 Å². The third-order valence-electron chi connectivity index (χ3n) is 4.33. The molecule has 138 valence electrons. The predicted octanol–water partition coefficient (Wildman–Crippen LogP) is 3.18. The number of nitrogens with one attached hydrogen (secondary N) is 2. The topological polar surface area (TPSA) is 76.7 Å². The second kappa shape index (κ2) is 9.30. The van der Waals surface area contributed by atoms with Crippen molar-refractivity contribution in [3.63, 3.8) is 0 Å². The molecule has 2 amide bonds. The molecule has 0 aliphatic heterocycles. The lowest BCUT2D eigenvalue weighted by Gasteiger charge is -2.29. The number of aryl methyl sites for hydroxylation is 1. The van der Waals surface area contributed by atoms with Gasteiger partial charge in [-0.25, -0.2) is 9.59 Å².